The maximum absolute atomic E-state index is 11.0. The molecule has 0 spiro atoms. The number of hydrogen-bond donors (Lipinski definition) is 3. The standard InChI is InChI=1S/C19H21Cl2N5O4S/c20-15-2-1-11(5-16(15)21)8-23-18-14-3-4-26(19(14)25-10-24-18)13-6-12(17(27)7-13)9-30-31(22,28)29/h1-5,10,12-13,17,27H,6-9H2,(H2,22,28,29)(H,23,24,25)/t12-,13+,17-/m0/s1. The Morgan fingerprint density at radius 3 is 2.77 bits per heavy atom. The molecule has 0 saturated heterocycles. The Morgan fingerprint density at radius 2 is 2.03 bits per heavy atom. The van der Waals surface area contributed by atoms with Crippen LogP contribution < -0.4 is 10.5 Å². The van der Waals surface area contributed by atoms with Gasteiger partial charge >= 0.3 is 10.3 Å². The molecule has 31 heavy (non-hydrogen) atoms. The van der Waals surface area contributed by atoms with Crippen molar-refractivity contribution in [3.63, 3.8) is 0 Å². The van der Waals surface area contributed by atoms with Crippen molar-refractivity contribution in [1.82, 2.24) is 14.5 Å². The van der Waals surface area contributed by atoms with E-state index in [-0.39, 0.29) is 18.6 Å². The second-order valence-corrected chi connectivity index (χ2v) is 9.55. The Labute approximate surface area is 189 Å². The lowest BCUT2D eigenvalue weighted by molar-refractivity contribution is 0.100. The molecule has 3 aromatic rings. The maximum Gasteiger partial charge on any atom is 0.333 e. The SMILES string of the molecule is NS(=O)(=O)OC[C@@H]1C[C@@H](n2ccc3c(NCc4ccc(Cl)c(Cl)c4)ncnc32)C[C@@H]1O. The van der Waals surface area contributed by atoms with E-state index in [0.717, 1.165) is 16.6 Å². The number of hydrogen-bond acceptors (Lipinski definition) is 7. The summed E-state index contributed by atoms with van der Waals surface area (Å²) in [5.74, 6) is 0.331. The molecule has 166 valence electrons. The van der Waals surface area contributed by atoms with E-state index in [9.17, 15) is 13.5 Å². The number of aromatic nitrogens is 3. The van der Waals surface area contributed by atoms with Crippen LogP contribution in [-0.4, -0.2) is 40.8 Å². The first-order valence-electron chi connectivity index (χ1n) is 9.56. The van der Waals surface area contributed by atoms with E-state index in [1.807, 2.05) is 22.9 Å². The topological polar surface area (TPSA) is 132 Å². The van der Waals surface area contributed by atoms with Crippen LogP contribution >= 0.6 is 23.2 Å². The number of nitrogens with zero attached hydrogens (tertiary/aromatic N) is 3. The molecular formula is C19H21Cl2N5O4S. The highest BCUT2D eigenvalue weighted by molar-refractivity contribution is 7.84. The third-order valence-electron chi connectivity index (χ3n) is 5.43. The molecule has 0 amide bonds. The second-order valence-electron chi connectivity index (χ2n) is 7.51. The largest absolute Gasteiger partial charge is 0.393 e. The third-order valence-corrected chi connectivity index (χ3v) is 6.63. The molecule has 0 radical (unpaired) electrons. The Bertz CT molecular complexity index is 1200. The lowest BCUT2D eigenvalue weighted by atomic mass is 10.1. The molecule has 0 unspecified atom stereocenters. The molecule has 2 aromatic heterocycles. The van der Waals surface area contributed by atoms with Gasteiger partial charge in [0.15, 0.2) is 0 Å². The molecule has 9 nitrogen and oxygen atoms in total. The molecule has 4 N–H and O–H groups in total. The number of aliphatic hydroxyl groups excluding tert-OH is 1. The third kappa shape index (κ3) is 5.11. The summed E-state index contributed by atoms with van der Waals surface area (Å²) < 4.78 is 28.7. The number of rotatable bonds is 7. The number of fused-ring (bicyclic) bond motifs is 1. The van der Waals surface area contributed by atoms with Gasteiger partial charge in [0.1, 0.15) is 17.8 Å². The summed E-state index contributed by atoms with van der Waals surface area (Å²) in [4.78, 5) is 8.75. The van der Waals surface area contributed by atoms with Crippen molar-refractivity contribution >= 4 is 50.4 Å². The molecular weight excluding hydrogens is 465 g/mol. The first kappa shape index (κ1) is 22.3. The molecule has 0 aliphatic heterocycles. The highest BCUT2D eigenvalue weighted by atomic mass is 35.5. The number of nitrogens with one attached hydrogen (secondary N) is 1. The Morgan fingerprint density at radius 1 is 1.23 bits per heavy atom. The fraction of sp³-hybridized carbons (Fsp3) is 0.368. The van der Waals surface area contributed by atoms with Crippen LogP contribution in [0.5, 0.6) is 0 Å². The zero-order valence-corrected chi connectivity index (χ0v) is 18.6. The lowest BCUT2D eigenvalue weighted by Crippen LogP contribution is -2.24. The fourth-order valence-corrected chi connectivity index (χ4v) is 4.59. The van der Waals surface area contributed by atoms with Gasteiger partial charge in [-0.15, -0.1) is 0 Å². The van der Waals surface area contributed by atoms with Gasteiger partial charge in [0.2, 0.25) is 0 Å². The number of nitrogens with two attached hydrogens (primary N) is 1. The number of halogens is 2. The summed E-state index contributed by atoms with van der Waals surface area (Å²) in [6.45, 7) is 0.352. The van der Waals surface area contributed by atoms with Crippen molar-refractivity contribution in [2.75, 3.05) is 11.9 Å². The summed E-state index contributed by atoms with van der Waals surface area (Å²) >= 11 is 12.0. The zero-order valence-electron chi connectivity index (χ0n) is 16.3. The van der Waals surface area contributed by atoms with E-state index in [4.69, 9.17) is 28.3 Å². The number of benzene rings is 1. The van der Waals surface area contributed by atoms with Gasteiger partial charge in [-0.2, -0.15) is 8.42 Å². The average Bonchev–Trinajstić information content (AvgIpc) is 3.30. The number of aliphatic hydroxyl groups is 1. The normalized spacial score (nSPS) is 21.6. The highest BCUT2D eigenvalue weighted by Gasteiger charge is 2.35. The molecule has 1 aliphatic rings. The van der Waals surface area contributed by atoms with Crippen LogP contribution in [0.1, 0.15) is 24.4 Å². The molecule has 1 fully saturated rings. The van der Waals surface area contributed by atoms with Gasteiger partial charge in [0.25, 0.3) is 0 Å². The van der Waals surface area contributed by atoms with Crippen LogP contribution in [0.4, 0.5) is 5.82 Å². The van der Waals surface area contributed by atoms with Crippen molar-refractivity contribution < 1.29 is 17.7 Å². The Hall–Kier alpha value is -1.95. The van der Waals surface area contributed by atoms with Gasteiger partial charge in [-0.25, -0.2) is 15.1 Å². The lowest BCUT2D eigenvalue weighted by Gasteiger charge is -2.14. The first-order chi connectivity index (χ1) is 14.7. The average molecular weight is 486 g/mol. The van der Waals surface area contributed by atoms with E-state index in [1.54, 1.807) is 12.1 Å². The monoisotopic (exact) mass is 485 g/mol. The van der Waals surface area contributed by atoms with Crippen LogP contribution in [0, 0.1) is 5.92 Å². The second kappa shape index (κ2) is 8.89. The Balaban J connectivity index is 1.50. The van der Waals surface area contributed by atoms with Crippen molar-refractivity contribution in [2.45, 2.75) is 31.5 Å². The predicted octanol–water partition coefficient (Wildman–Crippen LogP) is 2.88. The minimum absolute atomic E-state index is 0.0561. The van der Waals surface area contributed by atoms with Crippen LogP contribution in [0.2, 0.25) is 10.0 Å². The molecule has 2 heterocycles. The van der Waals surface area contributed by atoms with Crippen molar-refractivity contribution in [2.24, 2.45) is 11.1 Å². The van der Waals surface area contributed by atoms with Gasteiger partial charge in [0, 0.05) is 24.7 Å². The van der Waals surface area contributed by atoms with E-state index in [1.165, 1.54) is 6.33 Å². The van der Waals surface area contributed by atoms with E-state index < -0.39 is 16.4 Å². The molecule has 4 rings (SSSR count). The minimum Gasteiger partial charge on any atom is -0.393 e. The molecule has 12 heteroatoms. The van der Waals surface area contributed by atoms with E-state index in [0.29, 0.717) is 35.2 Å². The summed E-state index contributed by atoms with van der Waals surface area (Å²) in [5.41, 5.74) is 1.68. The van der Waals surface area contributed by atoms with E-state index in [2.05, 4.69) is 19.5 Å². The quantitative estimate of drug-likeness (QED) is 0.468. The zero-order chi connectivity index (χ0) is 22.2. The van der Waals surface area contributed by atoms with Gasteiger partial charge in [-0.05, 0) is 36.6 Å². The predicted molar refractivity (Wildman–Crippen MR) is 118 cm³/mol. The summed E-state index contributed by atoms with van der Waals surface area (Å²) in [5, 5.41) is 20.3. The van der Waals surface area contributed by atoms with Crippen LogP contribution in [0.3, 0.4) is 0 Å². The highest BCUT2D eigenvalue weighted by Crippen LogP contribution is 2.37. The summed E-state index contributed by atoms with van der Waals surface area (Å²) in [6, 6.07) is 7.28. The first-order valence-corrected chi connectivity index (χ1v) is 11.8. The smallest absolute Gasteiger partial charge is 0.333 e. The van der Waals surface area contributed by atoms with E-state index >= 15 is 0 Å². The molecule has 1 aromatic carbocycles. The molecule has 3 atom stereocenters. The van der Waals surface area contributed by atoms with Crippen molar-refractivity contribution in [1.29, 1.82) is 0 Å². The van der Waals surface area contributed by atoms with Gasteiger partial charge in [0.05, 0.1) is 28.1 Å². The van der Waals surface area contributed by atoms with Gasteiger partial charge < -0.3 is 15.0 Å². The fourth-order valence-electron chi connectivity index (χ4n) is 3.90. The van der Waals surface area contributed by atoms with Crippen LogP contribution in [0.25, 0.3) is 11.0 Å². The Kier molecular flexibility index (Phi) is 6.38. The molecule has 1 aliphatic carbocycles. The number of anilines is 1. The van der Waals surface area contributed by atoms with Crippen molar-refractivity contribution in [3.05, 3.63) is 52.4 Å². The summed E-state index contributed by atoms with van der Waals surface area (Å²) in [7, 11) is -4.04. The summed E-state index contributed by atoms with van der Waals surface area (Å²) in [6.07, 6.45) is 3.67. The van der Waals surface area contributed by atoms with Gasteiger partial charge in [-0.1, -0.05) is 29.3 Å². The van der Waals surface area contributed by atoms with Crippen LogP contribution in [-0.2, 0) is 21.0 Å². The van der Waals surface area contributed by atoms with Crippen LogP contribution in [0.15, 0.2) is 36.8 Å². The molecule has 1 saturated carbocycles. The van der Waals surface area contributed by atoms with Crippen molar-refractivity contribution in [3.8, 4) is 0 Å². The molecule has 0 bridgehead atoms. The maximum atomic E-state index is 11.0. The van der Waals surface area contributed by atoms with Gasteiger partial charge in [-0.3, -0.25) is 4.18 Å². The minimum atomic E-state index is -4.04.